The van der Waals surface area contributed by atoms with E-state index in [0.717, 1.165) is 34.9 Å². The lowest BCUT2D eigenvalue weighted by molar-refractivity contribution is 0.415. The Morgan fingerprint density at radius 1 is 1.19 bits per heavy atom. The molecule has 0 aliphatic carbocycles. The van der Waals surface area contributed by atoms with Crippen molar-refractivity contribution in [3.05, 3.63) is 47.8 Å². The van der Waals surface area contributed by atoms with Crippen molar-refractivity contribution in [2.75, 3.05) is 39.6 Å². The maximum atomic E-state index is 12.3. The van der Waals surface area contributed by atoms with Gasteiger partial charge in [-0.2, -0.15) is 17.0 Å². The van der Waals surface area contributed by atoms with Gasteiger partial charge in [0.2, 0.25) is 0 Å². The Hall–Kier alpha value is -2.16. The summed E-state index contributed by atoms with van der Waals surface area (Å²) in [6.07, 6.45) is 0.769. The van der Waals surface area contributed by atoms with E-state index in [1.54, 1.807) is 21.2 Å². The van der Waals surface area contributed by atoms with Crippen molar-refractivity contribution in [3.63, 3.8) is 0 Å². The second kappa shape index (κ2) is 7.84. The second-order valence-electron chi connectivity index (χ2n) is 6.91. The summed E-state index contributed by atoms with van der Waals surface area (Å²) in [5.74, 6) is 0.899. The number of methoxy groups -OCH3 is 1. The molecule has 7 nitrogen and oxygen atoms in total. The van der Waals surface area contributed by atoms with Gasteiger partial charge in [0.25, 0.3) is 10.2 Å². The van der Waals surface area contributed by atoms with Gasteiger partial charge in [0.1, 0.15) is 5.75 Å². The van der Waals surface area contributed by atoms with Crippen molar-refractivity contribution in [3.8, 4) is 5.75 Å². The number of aryl methyl sites for hydroxylation is 1. The molecule has 1 N–H and O–H groups in total. The molecular formula is C19H26N4O3S. The van der Waals surface area contributed by atoms with Crippen LogP contribution in [0.5, 0.6) is 5.75 Å². The fraction of sp³-hybridized carbons (Fsp3) is 0.421. The molecule has 0 radical (unpaired) electrons. The van der Waals surface area contributed by atoms with E-state index in [-0.39, 0.29) is 5.92 Å². The third-order valence-electron chi connectivity index (χ3n) is 4.71. The zero-order valence-corrected chi connectivity index (χ0v) is 17.0. The van der Waals surface area contributed by atoms with E-state index in [1.807, 2.05) is 43.3 Å². The molecule has 2 aromatic rings. The van der Waals surface area contributed by atoms with E-state index in [2.05, 4.69) is 10.3 Å². The number of nitrogens with one attached hydrogen (secondary N) is 1. The van der Waals surface area contributed by atoms with Crippen LogP contribution in [0.1, 0.15) is 23.7 Å². The molecule has 0 saturated carbocycles. The average molecular weight is 391 g/mol. The van der Waals surface area contributed by atoms with E-state index >= 15 is 0 Å². The van der Waals surface area contributed by atoms with E-state index < -0.39 is 10.2 Å². The highest BCUT2D eigenvalue weighted by Gasteiger charge is 2.34. The van der Waals surface area contributed by atoms with Gasteiger partial charge in [-0.1, -0.05) is 0 Å². The fourth-order valence-electron chi connectivity index (χ4n) is 3.23. The van der Waals surface area contributed by atoms with Gasteiger partial charge >= 0.3 is 0 Å². The number of hydrogen-bond donors (Lipinski definition) is 1. The molecule has 0 amide bonds. The van der Waals surface area contributed by atoms with Crippen LogP contribution in [0.15, 0.2) is 36.4 Å². The monoisotopic (exact) mass is 390 g/mol. The van der Waals surface area contributed by atoms with Gasteiger partial charge in [-0.25, -0.2) is 0 Å². The SMILES string of the molecule is COc1ccc(Nc2cc(C)nc(C3CCN(S(=O)(=O)N(C)C)C3)c2)cc1. The first-order chi connectivity index (χ1) is 12.8. The number of aromatic nitrogens is 1. The third kappa shape index (κ3) is 4.40. The van der Waals surface area contributed by atoms with Crippen molar-refractivity contribution >= 4 is 21.6 Å². The molecule has 2 heterocycles. The molecule has 8 heteroatoms. The summed E-state index contributed by atoms with van der Waals surface area (Å²) >= 11 is 0. The summed E-state index contributed by atoms with van der Waals surface area (Å²) in [5.41, 5.74) is 3.71. The number of ether oxygens (including phenoxy) is 1. The van der Waals surface area contributed by atoms with Gasteiger partial charge in [-0.3, -0.25) is 4.98 Å². The average Bonchev–Trinajstić information content (AvgIpc) is 3.13. The highest BCUT2D eigenvalue weighted by atomic mass is 32.2. The lowest BCUT2D eigenvalue weighted by Gasteiger charge is -2.21. The van der Waals surface area contributed by atoms with E-state index in [9.17, 15) is 8.42 Å². The molecule has 1 aromatic carbocycles. The van der Waals surface area contributed by atoms with Gasteiger partial charge in [0.15, 0.2) is 0 Å². The van der Waals surface area contributed by atoms with Crippen LogP contribution in [0.2, 0.25) is 0 Å². The number of nitrogens with zero attached hydrogens (tertiary/aromatic N) is 3. The lowest BCUT2D eigenvalue weighted by Crippen LogP contribution is -2.38. The number of hydrogen-bond acceptors (Lipinski definition) is 5. The van der Waals surface area contributed by atoms with E-state index in [0.29, 0.717) is 13.1 Å². The molecule has 1 unspecified atom stereocenters. The molecule has 0 spiro atoms. The van der Waals surface area contributed by atoms with Crippen molar-refractivity contribution in [2.45, 2.75) is 19.3 Å². The minimum Gasteiger partial charge on any atom is -0.497 e. The summed E-state index contributed by atoms with van der Waals surface area (Å²) < 4.78 is 32.7. The van der Waals surface area contributed by atoms with Crippen LogP contribution in [0.3, 0.4) is 0 Å². The topological polar surface area (TPSA) is 74.8 Å². The Labute approximate surface area is 161 Å². The maximum absolute atomic E-state index is 12.3. The number of benzene rings is 1. The van der Waals surface area contributed by atoms with Crippen molar-refractivity contribution in [2.24, 2.45) is 0 Å². The second-order valence-corrected chi connectivity index (χ2v) is 9.05. The van der Waals surface area contributed by atoms with Gasteiger partial charge in [-0.05, 0) is 49.7 Å². The summed E-state index contributed by atoms with van der Waals surface area (Å²) in [6.45, 7) is 2.92. The Morgan fingerprint density at radius 3 is 2.52 bits per heavy atom. The molecule has 1 fully saturated rings. The summed E-state index contributed by atoms with van der Waals surface area (Å²) in [6, 6.07) is 11.7. The zero-order valence-electron chi connectivity index (χ0n) is 16.1. The van der Waals surface area contributed by atoms with Crippen LogP contribution in [0.4, 0.5) is 11.4 Å². The Morgan fingerprint density at radius 2 is 1.89 bits per heavy atom. The zero-order chi connectivity index (χ0) is 19.6. The Kier molecular flexibility index (Phi) is 5.69. The molecule has 1 saturated heterocycles. The normalized spacial score (nSPS) is 18.0. The molecule has 1 aromatic heterocycles. The summed E-state index contributed by atoms with van der Waals surface area (Å²) in [7, 11) is 1.38. The predicted octanol–water partition coefficient (Wildman–Crippen LogP) is 2.74. The Bertz CT molecular complexity index is 898. The molecular weight excluding hydrogens is 364 g/mol. The number of anilines is 2. The van der Waals surface area contributed by atoms with Crippen LogP contribution in [0.25, 0.3) is 0 Å². The Balaban J connectivity index is 1.77. The summed E-state index contributed by atoms with van der Waals surface area (Å²) in [5, 5.41) is 3.38. The van der Waals surface area contributed by atoms with Gasteiger partial charge in [0.05, 0.1) is 7.11 Å². The first-order valence-corrected chi connectivity index (χ1v) is 10.3. The molecule has 1 aliphatic heterocycles. The lowest BCUT2D eigenvalue weighted by atomic mass is 10.0. The molecule has 146 valence electrons. The van der Waals surface area contributed by atoms with E-state index in [1.165, 1.54) is 8.61 Å². The van der Waals surface area contributed by atoms with Crippen LogP contribution in [0, 0.1) is 6.92 Å². The molecule has 0 bridgehead atoms. The van der Waals surface area contributed by atoms with Crippen molar-refractivity contribution < 1.29 is 13.2 Å². The predicted molar refractivity (Wildman–Crippen MR) is 107 cm³/mol. The minimum atomic E-state index is -3.38. The maximum Gasteiger partial charge on any atom is 0.281 e. The van der Waals surface area contributed by atoms with Crippen molar-refractivity contribution in [1.29, 1.82) is 0 Å². The van der Waals surface area contributed by atoms with Crippen LogP contribution in [-0.2, 0) is 10.2 Å². The quantitative estimate of drug-likeness (QED) is 0.821. The molecule has 1 aliphatic rings. The smallest absolute Gasteiger partial charge is 0.281 e. The molecule has 27 heavy (non-hydrogen) atoms. The standard InChI is InChI=1S/C19H26N4O3S/c1-14-11-17(21-16-5-7-18(26-4)8-6-16)12-19(20-14)15-9-10-23(13-15)27(24,25)22(2)3/h5-8,11-12,15H,9-10,13H2,1-4H3,(H,20,21). The molecule has 3 rings (SSSR count). The first-order valence-electron chi connectivity index (χ1n) is 8.87. The van der Waals surface area contributed by atoms with E-state index in [4.69, 9.17) is 4.74 Å². The number of pyridine rings is 1. The summed E-state index contributed by atoms with van der Waals surface area (Å²) in [4.78, 5) is 4.65. The van der Waals surface area contributed by atoms with Gasteiger partial charge in [0, 0.05) is 55.9 Å². The highest BCUT2D eigenvalue weighted by Crippen LogP contribution is 2.31. The third-order valence-corrected chi connectivity index (χ3v) is 6.62. The molecule has 1 atom stereocenters. The van der Waals surface area contributed by atoms with Gasteiger partial charge < -0.3 is 10.1 Å². The number of rotatable bonds is 6. The van der Waals surface area contributed by atoms with Crippen LogP contribution < -0.4 is 10.1 Å². The van der Waals surface area contributed by atoms with Gasteiger partial charge in [-0.15, -0.1) is 0 Å². The first kappa shape index (κ1) is 19.6. The van der Waals surface area contributed by atoms with Crippen LogP contribution in [-0.4, -0.2) is 56.3 Å². The largest absolute Gasteiger partial charge is 0.497 e. The fourth-order valence-corrected chi connectivity index (χ4v) is 4.39. The highest BCUT2D eigenvalue weighted by molar-refractivity contribution is 7.86. The van der Waals surface area contributed by atoms with Crippen LogP contribution >= 0.6 is 0 Å². The van der Waals surface area contributed by atoms with Crippen molar-refractivity contribution in [1.82, 2.24) is 13.6 Å². The minimum absolute atomic E-state index is 0.0936.